The fourth-order valence-electron chi connectivity index (χ4n) is 6.65. The van der Waals surface area contributed by atoms with Gasteiger partial charge in [-0.3, -0.25) is 0 Å². The Morgan fingerprint density at radius 2 is 1.24 bits per heavy atom. The minimum absolute atomic E-state index is 0.436. The first kappa shape index (κ1) is 31.6. The molecule has 0 aliphatic heterocycles. The van der Waals surface area contributed by atoms with Crippen molar-refractivity contribution in [1.29, 1.82) is 5.41 Å². The van der Waals surface area contributed by atoms with E-state index in [-0.39, 0.29) is 0 Å². The summed E-state index contributed by atoms with van der Waals surface area (Å²) in [7, 11) is 1.71. The zero-order valence-electron chi connectivity index (χ0n) is 28.5. The number of fused-ring (bicyclic) bond motifs is 3. The summed E-state index contributed by atoms with van der Waals surface area (Å²) < 4.78 is 12.3. The Hall–Kier alpha value is -6.65. The zero-order chi connectivity index (χ0) is 34.7. The lowest BCUT2D eigenvalue weighted by molar-refractivity contribution is 0.416. The Balaban J connectivity index is 1.13. The molecular weight excluding hydrogens is 625 g/mol. The average molecular weight is 661 g/mol. The van der Waals surface area contributed by atoms with Crippen LogP contribution < -0.4 is 10.1 Å². The van der Waals surface area contributed by atoms with E-state index in [0.29, 0.717) is 5.71 Å². The summed E-state index contributed by atoms with van der Waals surface area (Å²) in [5.41, 5.74) is 13.5. The molecule has 0 atom stereocenters. The summed E-state index contributed by atoms with van der Waals surface area (Å²) in [5, 5.41) is 14.6. The largest absolute Gasteiger partial charge is 0.496 e. The molecular formula is C47H36N2O2. The maximum Gasteiger partial charge on any atom is 0.136 e. The molecule has 8 rings (SSSR count). The molecule has 0 unspecified atom stereocenters. The third kappa shape index (κ3) is 6.55. The Labute approximate surface area is 297 Å². The fourth-order valence-corrected chi connectivity index (χ4v) is 6.65. The third-order valence-corrected chi connectivity index (χ3v) is 9.27. The zero-order valence-corrected chi connectivity index (χ0v) is 28.5. The van der Waals surface area contributed by atoms with Crippen LogP contribution in [0.2, 0.25) is 0 Å². The van der Waals surface area contributed by atoms with Gasteiger partial charge in [0.1, 0.15) is 16.9 Å². The smallest absolute Gasteiger partial charge is 0.136 e. The number of nitrogens with one attached hydrogen (secondary N) is 2. The monoisotopic (exact) mass is 660 g/mol. The van der Waals surface area contributed by atoms with Crippen molar-refractivity contribution in [3.63, 3.8) is 0 Å². The molecule has 2 N–H and O–H groups in total. The number of methoxy groups -OCH3 is 1. The van der Waals surface area contributed by atoms with E-state index in [4.69, 9.17) is 14.6 Å². The van der Waals surface area contributed by atoms with Gasteiger partial charge in [0.15, 0.2) is 0 Å². The van der Waals surface area contributed by atoms with Gasteiger partial charge in [0.2, 0.25) is 0 Å². The molecule has 0 fully saturated rings. The summed E-state index contributed by atoms with van der Waals surface area (Å²) in [4.78, 5) is 0. The third-order valence-electron chi connectivity index (χ3n) is 9.27. The van der Waals surface area contributed by atoms with Crippen LogP contribution in [-0.2, 0) is 0 Å². The molecule has 1 heterocycles. The number of anilines is 1. The first-order valence-electron chi connectivity index (χ1n) is 17.0. The van der Waals surface area contributed by atoms with E-state index in [9.17, 15) is 0 Å². The van der Waals surface area contributed by atoms with Crippen molar-refractivity contribution in [3.05, 3.63) is 187 Å². The molecule has 1 aromatic heterocycles. The van der Waals surface area contributed by atoms with Gasteiger partial charge < -0.3 is 19.9 Å². The number of hydrogen-bond acceptors (Lipinski definition) is 4. The molecule has 4 nitrogen and oxygen atoms in total. The Morgan fingerprint density at radius 3 is 2.00 bits per heavy atom. The van der Waals surface area contributed by atoms with E-state index in [1.54, 1.807) is 7.11 Å². The summed E-state index contributed by atoms with van der Waals surface area (Å²) in [5.74, 6) is 0.791. The van der Waals surface area contributed by atoms with Crippen molar-refractivity contribution in [2.24, 2.45) is 0 Å². The normalized spacial score (nSPS) is 11.5. The van der Waals surface area contributed by atoms with E-state index in [2.05, 4.69) is 121 Å². The predicted octanol–water partition coefficient (Wildman–Crippen LogP) is 12.4. The van der Waals surface area contributed by atoms with Crippen LogP contribution in [-0.4, -0.2) is 12.8 Å². The quantitative estimate of drug-likeness (QED) is 0.152. The molecule has 0 spiro atoms. The van der Waals surface area contributed by atoms with Crippen LogP contribution in [0.4, 0.5) is 5.69 Å². The molecule has 0 bridgehead atoms. The number of rotatable bonds is 9. The van der Waals surface area contributed by atoms with Crippen LogP contribution in [0.1, 0.15) is 16.7 Å². The van der Waals surface area contributed by atoms with Crippen LogP contribution in [0, 0.1) is 12.3 Å². The molecule has 4 heteroatoms. The highest BCUT2D eigenvalue weighted by molar-refractivity contribution is 6.11. The van der Waals surface area contributed by atoms with Gasteiger partial charge in [-0.2, -0.15) is 0 Å². The van der Waals surface area contributed by atoms with E-state index < -0.39 is 0 Å². The van der Waals surface area contributed by atoms with Crippen molar-refractivity contribution in [1.82, 2.24) is 0 Å². The van der Waals surface area contributed by atoms with Gasteiger partial charge in [-0.15, -0.1) is 0 Å². The first-order chi connectivity index (χ1) is 25.0. The van der Waals surface area contributed by atoms with Gasteiger partial charge in [-0.05, 0) is 100 Å². The Bertz CT molecular complexity index is 2560. The topological polar surface area (TPSA) is 58.2 Å². The standard InChI is InChI=1S/C47H36N2O2/c1-31-11-9-16-34(25-31)37-21-24-46-42(28-37)40-22-19-38(29-47(40)51-46)41-27-36(20-23-45(41)50-2)35-17-10-18-39(26-35)49-44(33-14-7-4-8-15-33)30-43(48)32-12-5-3-6-13-32/h3-30,48-49H,1-2H3/b44-30-,48-43?. The van der Waals surface area contributed by atoms with Gasteiger partial charge >= 0.3 is 0 Å². The van der Waals surface area contributed by atoms with Gasteiger partial charge in [-0.25, -0.2) is 0 Å². The Morgan fingerprint density at radius 1 is 0.569 bits per heavy atom. The average Bonchev–Trinajstić information content (AvgIpc) is 3.55. The lowest BCUT2D eigenvalue weighted by atomic mass is 9.96. The number of allylic oxidation sites excluding steroid dienone is 1. The van der Waals surface area contributed by atoms with Crippen molar-refractivity contribution in [3.8, 4) is 39.1 Å². The summed E-state index contributed by atoms with van der Waals surface area (Å²) >= 11 is 0. The van der Waals surface area contributed by atoms with Crippen LogP contribution >= 0.6 is 0 Å². The maximum atomic E-state index is 8.79. The molecule has 0 amide bonds. The number of hydrogen-bond donors (Lipinski definition) is 2. The van der Waals surface area contributed by atoms with E-state index in [1.165, 1.54) is 16.7 Å². The number of aryl methyl sites for hydroxylation is 1. The predicted molar refractivity (Wildman–Crippen MR) is 213 cm³/mol. The number of benzene rings is 7. The van der Waals surface area contributed by atoms with Crippen molar-refractivity contribution in [2.75, 3.05) is 12.4 Å². The summed E-state index contributed by atoms with van der Waals surface area (Å²) in [6.45, 7) is 2.12. The number of ether oxygens (including phenoxy) is 1. The fraction of sp³-hybridized carbons (Fsp3) is 0.0426. The lowest BCUT2D eigenvalue weighted by Crippen LogP contribution is -2.03. The Kier molecular flexibility index (Phi) is 8.49. The maximum absolute atomic E-state index is 8.79. The molecule has 8 aromatic rings. The second-order valence-electron chi connectivity index (χ2n) is 12.7. The van der Waals surface area contributed by atoms with Crippen LogP contribution in [0.25, 0.3) is 61.0 Å². The van der Waals surface area contributed by atoms with Crippen molar-refractivity contribution < 1.29 is 9.15 Å². The minimum Gasteiger partial charge on any atom is -0.496 e. The number of furan rings is 1. The van der Waals surface area contributed by atoms with Gasteiger partial charge in [0, 0.05) is 27.7 Å². The van der Waals surface area contributed by atoms with Crippen molar-refractivity contribution >= 4 is 39.0 Å². The minimum atomic E-state index is 0.436. The summed E-state index contributed by atoms with van der Waals surface area (Å²) in [6.07, 6.45) is 1.89. The molecule has 0 aliphatic carbocycles. The molecule has 246 valence electrons. The molecule has 7 aromatic carbocycles. The molecule has 0 radical (unpaired) electrons. The van der Waals surface area contributed by atoms with Gasteiger partial charge in [-0.1, -0.05) is 121 Å². The SMILES string of the molecule is COc1ccc(-c2cccc(N/C(=C\C(=N)c3ccccc3)c3ccccc3)c2)cc1-c1ccc2c(c1)oc1ccc(-c3cccc(C)c3)cc12. The highest BCUT2D eigenvalue weighted by Crippen LogP contribution is 2.39. The van der Waals surface area contributed by atoms with Gasteiger partial charge in [0.25, 0.3) is 0 Å². The molecule has 51 heavy (non-hydrogen) atoms. The second kappa shape index (κ2) is 13.7. The van der Waals surface area contributed by atoms with Gasteiger partial charge in [0.05, 0.1) is 12.8 Å². The summed E-state index contributed by atoms with van der Waals surface area (Å²) in [6, 6.07) is 56.0. The van der Waals surface area contributed by atoms with Crippen LogP contribution in [0.3, 0.4) is 0 Å². The first-order valence-corrected chi connectivity index (χ1v) is 17.0. The second-order valence-corrected chi connectivity index (χ2v) is 12.7. The molecule has 0 aliphatic rings. The van der Waals surface area contributed by atoms with Crippen molar-refractivity contribution in [2.45, 2.75) is 6.92 Å². The van der Waals surface area contributed by atoms with Crippen LogP contribution in [0.5, 0.6) is 5.75 Å². The lowest BCUT2D eigenvalue weighted by Gasteiger charge is -2.15. The molecule has 0 saturated heterocycles. The van der Waals surface area contributed by atoms with E-state index >= 15 is 0 Å². The molecule has 0 saturated carbocycles. The highest BCUT2D eigenvalue weighted by atomic mass is 16.5. The van der Waals surface area contributed by atoms with E-state index in [1.807, 2.05) is 60.7 Å². The van der Waals surface area contributed by atoms with Crippen LogP contribution in [0.15, 0.2) is 174 Å². The van der Waals surface area contributed by atoms with E-state index in [0.717, 1.165) is 72.5 Å². The highest BCUT2D eigenvalue weighted by Gasteiger charge is 2.14.